The average molecular weight is 206 g/mol. The summed E-state index contributed by atoms with van der Waals surface area (Å²) in [6.45, 7) is 4.91. The molecule has 0 saturated carbocycles. The number of nitrogens with one attached hydrogen (secondary N) is 1. The molecule has 0 spiro atoms. The van der Waals surface area contributed by atoms with Crippen LogP contribution in [0.4, 0.5) is 0 Å². The van der Waals surface area contributed by atoms with E-state index in [1.165, 1.54) is 0 Å². The van der Waals surface area contributed by atoms with Gasteiger partial charge in [0.15, 0.2) is 0 Å². The first-order valence-corrected chi connectivity index (χ1v) is 5.65. The zero-order chi connectivity index (χ0) is 10.5. The van der Waals surface area contributed by atoms with Crippen LogP contribution in [0.25, 0.3) is 0 Å². The average Bonchev–Trinajstić information content (AvgIpc) is 2.33. The minimum absolute atomic E-state index is 0.277. The fourth-order valence-electron chi connectivity index (χ4n) is 2.10. The van der Waals surface area contributed by atoms with E-state index < -0.39 is 0 Å². The van der Waals surface area contributed by atoms with Crippen molar-refractivity contribution >= 4 is 0 Å². The Morgan fingerprint density at radius 3 is 3.13 bits per heavy atom. The number of pyridine rings is 1. The highest BCUT2D eigenvalue weighted by molar-refractivity contribution is 5.11. The van der Waals surface area contributed by atoms with Crippen LogP contribution in [0.3, 0.4) is 0 Å². The predicted octanol–water partition coefficient (Wildman–Crippen LogP) is 1.56. The zero-order valence-electron chi connectivity index (χ0n) is 9.15. The van der Waals surface area contributed by atoms with E-state index in [-0.39, 0.29) is 6.10 Å². The van der Waals surface area contributed by atoms with Crippen molar-refractivity contribution in [1.29, 1.82) is 0 Å². The highest BCUT2D eigenvalue weighted by atomic mass is 16.5. The van der Waals surface area contributed by atoms with Gasteiger partial charge in [-0.3, -0.25) is 4.98 Å². The van der Waals surface area contributed by atoms with Crippen molar-refractivity contribution < 1.29 is 4.74 Å². The van der Waals surface area contributed by atoms with E-state index in [9.17, 15) is 0 Å². The van der Waals surface area contributed by atoms with Gasteiger partial charge in [-0.05, 0) is 18.6 Å². The summed E-state index contributed by atoms with van der Waals surface area (Å²) in [5.41, 5.74) is 1.15. The monoisotopic (exact) mass is 206 g/mol. The Morgan fingerprint density at radius 1 is 1.60 bits per heavy atom. The van der Waals surface area contributed by atoms with Crippen LogP contribution in [0.5, 0.6) is 0 Å². The van der Waals surface area contributed by atoms with E-state index in [1.807, 2.05) is 18.3 Å². The molecule has 1 aliphatic heterocycles. The summed E-state index contributed by atoms with van der Waals surface area (Å²) in [6.07, 6.45) is 3.20. The molecule has 1 aromatic rings. The molecule has 1 saturated heterocycles. The normalized spacial score (nSPS) is 23.7. The fraction of sp³-hybridized carbons (Fsp3) is 0.583. The Hall–Kier alpha value is -0.930. The lowest BCUT2D eigenvalue weighted by Crippen LogP contribution is -2.41. The molecule has 1 aliphatic rings. The quantitative estimate of drug-likeness (QED) is 0.815. The van der Waals surface area contributed by atoms with Gasteiger partial charge in [-0.25, -0.2) is 0 Å². The van der Waals surface area contributed by atoms with Gasteiger partial charge in [0.05, 0.1) is 12.7 Å². The molecule has 0 aliphatic carbocycles. The van der Waals surface area contributed by atoms with Crippen LogP contribution < -0.4 is 5.32 Å². The summed E-state index contributed by atoms with van der Waals surface area (Å²) in [7, 11) is 0. The largest absolute Gasteiger partial charge is 0.375 e. The number of morpholine rings is 1. The molecule has 2 atom stereocenters. The van der Waals surface area contributed by atoms with Crippen molar-refractivity contribution in [2.75, 3.05) is 19.7 Å². The molecule has 0 radical (unpaired) electrons. The Bertz CT molecular complexity index is 283. The standard InChI is InChI=1S/C12H18N2O/c1-2-10(11-5-3-4-6-14-11)12-9-13-7-8-15-12/h3-6,10,12-13H,2,7-9H2,1H3. The smallest absolute Gasteiger partial charge is 0.0783 e. The second-order valence-corrected chi connectivity index (χ2v) is 3.88. The molecule has 3 nitrogen and oxygen atoms in total. The van der Waals surface area contributed by atoms with E-state index in [2.05, 4.69) is 23.3 Å². The van der Waals surface area contributed by atoms with Crippen LogP contribution in [0.15, 0.2) is 24.4 Å². The van der Waals surface area contributed by atoms with Crippen molar-refractivity contribution in [2.24, 2.45) is 0 Å². The summed E-state index contributed by atoms with van der Waals surface area (Å²) in [5, 5.41) is 3.37. The number of aromatic nitrogens is 1. The maximum atomic E-state index is 5.78. The van der Waals surface area contributed by atoms with E-state index in [1.54, 1.807) is 0 Å². The van der Waals surface area contributed by atoms with E-state index in [0.29, 0.717) is 5.92 Å². The lowest BCUT2D eigenvalue weighted by molar-refractivity contribution is 0.00941. The zero-order valence-corrected chi connectivity index (χ0v) is 9.15. The van der Waals surface area contributed by atoms with Gasteiger partial charge in [0.2, 0.25) is 0 Å². The molecule has 82 valence electrons. The van der Waals surface area contributed by atoms with Crippen molar-refractivity contribution in [3.05, 3.63) is 30.1 Å². The molecule has 0 amide bonds. The number of hydrogen-bond acceptors (Lipinski definition) is 3. The maximum absolute atomic E-state index is 5.78. The third-order valence-electron chi connectivity index (χ3n) is 2.91. The number of hydrogen-bond donors (Lipinski definition) is 1. The first-order chi connectivity index (χ1) is 7.42. The van der Waals surface area contributed by atoms with Crippen molar-refractivity contribution in [3.8, 4) is 0 Å². The molecular weight excluding hydrogens is 188 g/mol. The molecule has 1 fully saturated rings. The van der Waals surface area contributed by atoms with Crippen molar-refractivity contribution in [2.45, 2.75) is 25.4 Å². The second-order valence-electron chi connectivity index (χ2n) is 3.88. The van der Waals surface area contributed by atoms with Crippen LogP contribution >= 0.6 is 0 Å². The first kappa shape index (κ1) is 10.6. The van der Waals surface area contributed by atoms with Gasteiger partial charge in [-0.2, -0.15) is 0 Å². The number of nitrogens with zero attached hydrogens (tertiary/aromatic N) is 1. The van der Waals surface area contributed by atoms with Gasteiger partial charge in [-0.15, -0.1) is 0 Å². The van der Waals surface area contributed by atoms with Gasteiger partial charge in [0.25, 0.3) is 0 Å². The Balaban J connectivity index is 2.09. The highest BCUT2D eigenvalue weighted by Gasteiger charge is 2.24. The van der Waals surface area contributed by atoms with Gasteiger partial charge in [0, 0.05) is 30.9 Å². The van der Waals surface area contributed by atoms with Gasteiger partial charge < -0.3 is 10.1 Å². The number of rotatable bonds is 3. The van der Waals surface area contributed by atoms with Crippen molar-refractivity contribution in [3.63, 3.8) is 0 Å². The molecule has 15 heavy (non-hydrogen) atoms. The molecule has 1 aromatic heterocycles. The lowest BCUT2D eigenvalue weighted by Gasteiger charge is -2.30. The Kier molecular flexibility index (Phi) is 3.69. The van der Waals surface area contributed by atoms with Gasteiger partial charge in [-0.1, -0.05) is 13.0 Å². The van der Waals surface area contributed by atoms with Crippen LogP contribution in [-0.2, 0) is 4.74 Å². The minimum atomic E-state index is 0.277. The second kappa shape index (κ2) is 5.24. The van der Waals surface area contributed by atoms with Crippen LogP contribution in [-0.4, -0.2) is 30.8 Å². The molecule has 1 N–H and O–H groups in total. The van der Waals surface area contributed by atoms with Crippen LogP contribution in [0.2, 0.25) is 0 Å². The summed E-state index contributed by atoms with van der Waals surface area (Å²) >= 11 is 0. The molecular formula is C12H18N2O. The van der Waals surface area contributed by atoms with Crippen molar-refractivity contribution in [1.82, 2.24) is 10.3 Å². The molecule has 2 rings (SSSR count). The van der Waals surface area contributed by atoms with E-state index in [0.717, 1.165) is 31.8 Å². The molecule has 3 heteroatoms. The highest BCUT2D eigenvalue weighted by Crippen LogP contribution is 2.24. The summed E-state index contributed by atoms with van der Waals surface area (Å²) in [4.78, 5) is 4.42. The summed E-state index contributed by atoms with van der Waals surface area (Å²) in [5.74, 6) is 0.416. The molecule has 2 unspecified atom stereocenters. The Labute approximate surface area is 90.9 Å². The van der Waals surface area contributed by atoms with Gasteiger partial charge >= 0.3 is 0 Å². The molecule has 0 aromatic carbocycles. The van der Waals surface area contributed by atoms with Crippen LogP contribution in [0.1, 0.15) is 25.0 Å². The van der Waals surface area contributed by atoms with E-state index in [4.69, 9.17) is 4.74 Å². The molecule has 2 heterocycles. The Morgan fingerprint density at radius 2 is 2.53 bits per heavy atom. The first-order valence-electron chi connectivity index (χ1n) is 5.65. The summed E-state index contributed by atoms with van der Waals surface area (Å²) in [6, 6.07) is 6.09. The maximum Gasteiger partial charge on any atom is 0.0783 e. The van der Waals surface area contributed by atoms with Gasteiger partial charge in [0.1, 0.15) is 0 Å². The molecule has 0 bridgehead atoms. The van der Waals surface area contributed by atoms with Crippen LogP contribution in [0, 0.1) is 0 Å². The van der Waals surface area contributed by atoms with E-state index >= 15 is 0 Å². The predicted molar refractivity (Wildman–Crippen MR) is 59.9 cm³/mol. The topological polar surface area (TPSA) is 34.2 Å². The SMILES string of the molecule is CCC(c1ccccn1)C1CNCCO1. The third kappa shape index (κ3) is 2.55. The minimum Gasteiger partial charge on any atom is -0.375 e. The number of ether oxygens (including phenoxy) is 1. The fourth-order valence-corrected chi connectivity index (χ4v) is 2.10. The lowest BCUT2D eigenvalue weighted by atomic mass is 9.94. The third-order valence-corrected chi connectivity index (χ3v) is 2.91. The summed E-state index contributed by atoms with van der Waals surface area (Å²) < 4.78 is 5.78.